The smallest absolute Gasteiger partial charge is 0.262 e. The minimum Gasteiger partial charge on any atom is -0.481 e. The second-order valence-electron chi connectivity index (χ2n) is 5.79. The van der Waals surface area contributed by atoms with Crippen molar-refractivity contribution in [2.45, 2.75) is 64.9 Å². The first-order valence-corrected chi connectivity index (χ1v) is 7.75. The fourth-order valence-electron chi connectivity index (χ4n) is 2.08. The molecule has 0 aliphatic heterocycles. The van der Waals surface area contributed by atoms with Crippen LogP contribution in [0.2, 0.25) is 0 Å². The predicted molar refractivity (Wildman–Crippen MR) is 84.6 cm³/mol. The maximum Gasteiger partial charge on any atom is 0.262 e. The Morgan fingerprint density at radius 2 is 1.95 bits per heavy atom. The molecule has 0 fully saturated rings. The van der Waals surface area contributed by atoms with Gasteiger partial charge < -0.3 is 4.74 Å². The minimum atomic E-state index is -0.551. The molecule has 0 aromatic heterocycles. The van der Waals surface area contributed by atoms with Crippen LogP contribution in [0.4, 0.5) is 0 Å². The van der Waals surface area contributed by atoms with Crippen LogP contribution in [0, 0.1) is 0 Å². The Kier molecular flexibility index (Phi) is 6.54. The number of unbranched alkanes of at least 4 members (excludes halogenated alkanes) is 1. The Hall–Kier alpha value is -1.02. The number of hydrogen-bond acceptors (Lipinski definition) is 2. The van der Waals surface area contributed by atoms with Gasteiger partial charge in [-0.25, -0.2) is 0 Å². The molecule has 1 unspecified atom stereocenters. The molecule has 0 aliphatic carbocycles. The van der Waals surface area contributed by atoms with Crippen molar-refractivity contribution in [1.82, 2.24) is 0 Å². The summed E-state index contributed by atoms with van der Waals surface area (Å²) in [6.07, 6.45) is 3.07. The van der Waals surface area contributed by atoms with Gasteiger partial charge in [0.15, 0.2) is 6.10 Å². The molecular weight excluding hydrogens is 272 g/mol. The van der Waals surface area contributed by atoms with E-state index < -0.39 is 11.3 Å². The van der Waals surface area contributed by atoms with Crippen LogP contribution >= 0.6 is 11.6 Å². The van der Waals surface area contributed by atoms with Gasteiger partial charge in [0.1, 0.15) is 5.75 Å². The number of para-hydroxylation sites is 1. The Bertz CT molecular complexity index is 440. The van der Waals surface area contributed by atoms with Crippen LogP contribution in [0.3, 0.4) is 0 Å². The van der Waals surface area contributed by atoms with E-state index in [1.165, 1.54) is 0 Å². The zero-order valence-corrected chi connectivity index (χ0v) is 13.7. The number of carbonyl (C=O) groups is 1. The van der Waals surface area contributed by atoms with Crippen LogP contribution in [0.5, 0.6) is 5.75 Å². The molecule has 1 atom stereocenters. The maximum atomic E-state index is 11.5. The van der Waals surface area contributed by atoms with Crippen molar-refractivity contribution in [3.05, 3.63) is 29.8 Å². The normalized spacial score (nSPS) is 13.1. The third-order valence-corrected chi connectivity index (χ3v) is 4.09. The van der Waals surface area contributed by atoms with Gasteiger partial charge in [0.05, 0.1) is 0 Å². The van der Waals surface area contributed by atoms with Crippen LogP contribution in [0.25, 0.3) is 0 Å². The second-order valence-corrected chi connectivity index (χ2v) is 6.16. The number of hydrogen-bond donors (Lipinski definition) is 0. The molecule has 0 aliphatic rings. The summed E-state index contributed by atoms with van der Waals surface area (Å²) in [4.78, 5) is 11.5. The Labute approximate surface area is 127 Å². The quantitative estimate of drug-likeness (QED) is 0.626. The van der Waals surface area contributed by atoms with E-state index in [4.69, 9.17) is 16.3 Å². The summed E-state index contributed by atoms with van der Waals surface area (Å²) in [6.45, 7) is 8.60. The zero-order chi connectivity index (χ0) is 15.2. The highest BCUT2D eigenvalue weighted by Crippen LogP contribution is 2.34. The molecule has 2 nitrogen and oxygen atoms in total. The fourth-order valence-corrected chi connectivity index (χ4v) is 2.23. The summed E-state index contributed by atoms with van der Waals surface area (Å²) in [5, 5.41) is -0.414. The maximum absolute atomic E-state index is 11.5. The van der Waals surface area contributed by atoms with Gasteiger partial charge in [0.2, 0.25) is 0 Å². The second kappa shape index (κ2) is 7.68. The summed E-state index contributed by atoms with van der Waals surface area (Å²) < 4.78 is 5.92. The van der Waals surface area contributed by atoms with Crippen LogP contribution < -0.4 is 4.74 Å². The van der Waals surface area contributed by atoms with E-state index in [0.29, 0.717) is 6.42 Å². The molecule has 112 valence electrons. The molecule has 0 N–H and O–H groups in total. The van der Waals surface area contributed by atoms with Gasteiger partial charge in [-0.3, -0.25) is 4.79 Å². The fraction of sp³-hybridized carbons (Fsp3) is 0.588. The van der Waals surface area contributed by atoms with Crippen molar-refractivity contribution < 1.29 is 9.53 Å². The predicted octanol–water partition coefficient (Wildman–Crippen LogP) is 5.08. The van der Waals surface area contributed by atoms with Gasteiger partial charge in [0.25, 0.3) is 5.24 Å². The molecule has 0 radical (unpaired) electrons. The third kappa shape index (κ3) is 4.52. The molecule has 20 heavy (non-hydrogen) atoms. The lowest BCUT2D eigenvalue weighted by atomic mass is 9.82. The van der Waals surface area contributed by atoms with Gasteiger partial charge >= 0.3 is 0 Å². The van der Waals surface area contributed by atoms with Crippen LogP contribution in [0.1, 0.15) is 58.9 Å². The highest BCUT2D eigenvalue weighted by molar-refractivity contribution is 6.64. The van der Waals surface area contributed by atoms with Crippen molar-refractivity contribution in [3.63, 3.8) is 0 Å². The molecule has 0 spiro atoms. The molecule has 3 heteroatoms. The van der Waals surface area contributed by atoms with E-state index in [1.807, 2.05) is 18.2 Å². The Morgan fingerprint density at radius 1 is 1.30 bits per heavy atom. The lowest BCUT2D eigenvalue weighted by Gasteiger charge is -2.27. The third-order valence-electron chi connectivity index (χ3n) is 3.84. The minimum absolute atomic E-state index is 0.0151. The van der Waals surface area contributed by atoms with Gasteiger partial charge in [-0.05, 0) is 47.9 Å². The monoisotopic (exact) mass is 296 g/mol. The SMILES string of the molecule is CCCCC(Oc1ccccc1C(C)(C)CC)C(=O)Cl. The largest absolute Gasteiger partial charge is 0.481 e. The van der Waals surface area contributed by atoms with Gasteiger partial charge in [0, 0.05) is 0 Å². The van der Waals surface area contributed by atoms with E-state index >= 15 is 0 Å². The molecule has 1 rings (SSSR count). The van der Waals surface area contributed by atoms with Crippen molar-refractivity contribution in [1.29, 1.82) is 0 Å². The highest BCUT2D eigenvalue weighted by atomic mass is 35.5. The topological polar surface area (TPSA) is 26.3 Å². The summed E-state index contributed by atoms with van der Waals surface area (Å²) in [5.41, 5.74) is 1.14. The number of benzene rings is 1. The standard InChI is InChI=1S/C17H25ClO2/c1-5-7-11-15(16(18)19)20-14-12-9-8-10-13(14)17(3,4)6-2/h8-10,12,15H,5-7,11H2,1-4H3. The molecule has 0 saturated heterocycles. The van der Waals surface area contributed by atoms with Crippen molar-refractivity contribution in [3.8, 4) is 5.75 Å². The first-order valence-electron chi connectivity index (χ1n) is 7.37. The Morgan fingerprint density at radius 3 is 2.50 bits per heavy atom. The molecular formula is C17H25ClO2. The van der Waals surface area contributed by atoms with Crippen molar-refractivity contribution in [2.24, 2.45) is 0 Å². The number of ether oxygens (including phenoxy) is 1. The van der Waals surface area contributed by atoms with Gasteiger partial charge in [-0.2, -0.15) is 0 Å². The summed E-state index contributed by atoms with van der Waals surface area (Å²) in [5.74, 6) is 0.773. The van der Waals surface area contributed by atoms with Crippen LogP contribution in [0.15, 0.2) is 24.3 Å². The van der Waals surface area contributed by atoms with E-state index in [0.717, 1.165) is 30.6 Å². The summed E-state index contributed by atoms with van der Waals surface area (Å²) in [7, 11) is 0. The van der Waals surface area contributed by atoms with E-state index in [2.05, 4.69) is 33.8 Å². The Balaban J connectivity index is 2.98. The molecule has 1 aromatic rings. The van der Waals surface area contributed by atoms with E-state index in [1.54, 1.807) is 0 Å². The van der Waals surface area contributed by atoms with E-state index in [-0.39, 0.29) is 5.41 Å². The zero-order valence-electron chi connectivity index (χ0n) is 12.9. The van der Waals surface area contributed by atoms with Gasteiger partial charge in [-0.15, -0.1) is 0 Å². The lowest BCUT2D eigenvalue weighted by Crippen LogP contribution is -2.26. The average Bonchev–Trinajstić information content (AvgIpc) is 2.43. The van der Waals surface area contributed by atoms with Crippen molar-refractivity contribution >= 4 is 16.8 Å². The molecule has 0 amide bonds. The first kappa shape index (κ1) is 17.0. The molecule has 0 saturated carbocycles. The first-order chi connectivity index (χ1) is 9.42. The lowest BCUT2D eigenvalue weighted by molar-refractivity contribution is -0.118. The van der Waals surface area contributed by atoms with E-state index in [9.17, 15) is 4.79 Å². The molecule has 0 heterocycles. The molecule has 0 bridgehead atoms. The highest BCUT2D eigenvalue weighted by Gasteiger charge is 2.25. The van der Waals surface area contributed by atoms with Crippen LogP contribution in [-0.2, 0) is 10.2 Å². The number of rotatable bonds is 8. The summed E-state index contributed by atoms with van der Waals surface area (Å²) >= 11 is 5.67. The van der Waals surface area contributed by atoms with Crippen LogP contribution in [-0.4, -0.2) is 11.3 Å². The number of carbonyl (C=O) groups excluding carboxylic acids is 1. The van der Waals surface area contributed by atoms with Crippen molar-refractivity contribution in [2.75, 3.05) is 0 Å². The summed E-state index contributed by atoms with van der Waals surface area (Å²) in [6, 6.07) is 7.92. The van der Waals surface area contributed by atoms with Gasteiger partial charge in [-0.1, -0.05) is 52.3 Å². The molecule has 1 aromatic carbocycles. The average molecular weight is 297 g/mol. The number of halogens is 1.